The summed E-state index contributed by atoms with van der Waals surface area (Å²) in [4.78, 5) is 25.7. The zero-order valence-corrected chi connectivity index (χ0v) is 12.9. The minimum atomic E-state index is -1.35. The largest absolute Gasteiger partial charge is 0.394 e. The number of ether oxygens (including phenoxy) is 1. The number of aliphatic hydroxyl groups is 3. The molecule has 0 amide bonds. The van der Waals surface area contributed by atoms with E-state index in [4.69, 9.17) is 15.3 Å². The molecule has 0 spiro atoms. The first-order valence-corrected chi connectivity index (χ1v) is 8.44. The summed E-state index contributed by atoms with van der Waals surface area (Å²) in [6, 6.07) is 0. The molecular weight excluding hydrogens is 350 g/mol. The number of nitrogens with zero attached hydrogens (tertiary/aromatic N) is 4. The Kier molecular flexibility index (Phi) is 4.22. The van der Waals surface area contributed by atoms with Crippen molar-refractivity contribution in [2.75, 3.05) is 6.61 Å². The second-order valence-electron chi connectivity index (χ2n) is 4.66. The summed E-state index contributed by atoms with van der Waals surface area (Å²) < 4.78 is 6.95. The first-order valence-electron chi connectivity index (χ1n) is 6.29. The third kappa shape index (κ3) is 2.66. The predicted octanol–water partition coefficient (Wildman–Crippen LogP) is -2.59. The van der Waals surface area contributed by atoms with Crippen LogP contribution in [0.25, 0.3) is 0 Å². The maximum atomic E-state index is 11.6. The lowest BCUT2D eigenvalue weighted by Gasteiger charge is -2.13. The molecule has 11 nitrogen and oxygen atoms in total. The summed E-state index contributed by atoms with van der Waals surface area (Å²) in [5.74, 6) is -0.712. The van der Waals surface area contributed by atoms with Crippen LogP contribution in [0.1, 0.15) is 12.1 Å². The van der Waals surface area contributed by atoms with E-state index in [-0.39, 0.29) is 5.82 Å². The van der Waals surface area contributed by atoms with Crippen molar-refractivity contribution in [3.8, 4) is 0 Å². The molecule has 3 rings (SSSR count). The lowest BCUT2D eigenvalue weighted by molar-refractivity contribution is -0.0588. The van der Waals surface area contributed by atoms with Gasteiger partial charge in [0.15, 0.2) is 12.1 Å². The highest BCUT2D eigenvalue weighted by Crippen LogP contribution is 2.28. The zero-order valence-electron chi connectivity index (χ0n) is 11.3. The van der Waals surface area contributed by atoms with Crippen LogP contribution in [-0.2, 0) is 4.74 Å². The van der Waals surface area contributed by atoms with E-state index in [1.165, 1.54) is 0 Å². The minimum absolute atomic E-state index is 0.215. The Balaban J connectivity index is 1.88. The fourth-order valence-corrected chi connectivity index (χ4v) is 3.68. The summed E-state index contributed by atoms with van der Waals surface area (Å²) in [6.45, 7) is -0.489. The van der Waals surface area contributed by atoms with Gasteiger partial charge in [0.25, 0.3) is 0 Å². The molecule has 3 heterocycles. The molecule has 0 aromatic carbocycles. The van der Waals surface area contributed by atoms with Gasteiger partial charge in [-0.2, -0.15) is 0 Å². The highest BCUT2D eigenvalue weighted by atomic mass is 32.9. The van der Waals surface area contributed by atoms with Crippen molar-refractivity contribution in [3.05, 3.63) is 31.5 Å². The van der Waals surface area contributed by atoms with Gasteiger partial charge in [-0.05, 0) is 20.7 Å². The molecule has 4 unspecified atom stereocenters. The van der Waals surface area contributed by atoms with Crippen LogP contribution in [0.15, 0.2) is 15.9 Å². The number of aliphatic hydroxyl groups excluding tert-OH is 3. The fraction of sp³-hybridized carbons (Fsp3) is 0.500. The Labute approximate surface area is 134 Å². The first kappa shape index (κ1) is 16.1. The molecule has 4 atom stereocenters. The number of hydrogen-bond acceptors (Lipinski definition) is 11. The molecule has 4 N–H and O–H groups in total. The van der Waals surface area contributed by atoms with Gasteiger partial charge in [0.1, 0.15) is 24.6 Å². The highest BCUT2D eigenvalue weighted by Gasteiger charge is 2.44. The van der Waals surface area contributed by atoms with E-state index < -0.39 is 46.7 Å². The number of hydrogen-bond donors (Lipinski definition) is 4. The maximum Gasteiger partial charge on any atom is 0.326 e. The van der Waals surface area contributed by atoms with Crippen molar-refractivity contribution < 1.29 is 20.1 Å². The maximum absolute atomic E-state index is 11.6. The smallest absolute Gasteiger partial charge is 0.326 e. The number of nitrogens with one attached hydrogen (secondary N) is 1. The van der Waals surface area contributed by atoms with Crippen molar-refractivity contribution in [2.24, 2.45) is 0 Å². The molecule has 2 aromatic rings. The second kappa shape index (κ2) is 6.03. The third-order valence-corrected chi connectivity index (χ3v) is 5.11. The van der Waals surface area contributed by atoms with Crippen LogP contribution < -0.4 is 9.75 Å². The van der Waals surface area contributed by atoms with Crippen LogP contribution >= 0.6 is 20.7 Å². The monoisotopic (exact) mass is 361 g/mol. The molecule has 0 saturated carbocycles. The van der Waals surface area contributed by atoms with Crippen LogP contribution in [-0.4, -0.2) is 65.4 Å². The normalized spacial score (nSPS) is 27.4. The van der Waals surface area contributed by atoms with E-state index in [0.717, 1.165) is 11.0 Å². The quantitative estimate of drug-likeness (QED) is 0.263. The van der Waals surface area contributed by atoms with Gasteiger partial charge in [0.05, 0.1) is 6.61 Å². The van der Waals surface area contributed by atoms with Gasteiger partial charge in [0.2, 0.25) is 5.82 Å². The van der Waals surface area contributed by atoms with E-state index in [1.54, 1.807) is 0 Å². The molecule has 1 aliphatic heterocycles. The van der Waals surface area contributed by atoms with E-state index in [1.807, 2.05) is 0 Å². The van der Waals surface area contributed by atoms with Crippen LogP contribution in [0.4, 0.5) is 0 Å². The summed E-state index contributed by atoms with van der Waals surface area (Å²) in [6.07, 6.45) is -3.60. The van der Waals surface area contributed by atoms with Crippen molar-refractivity contribution in [2.45, 2.75) is 24.5 Å². The molecule has 0 radical (unpaired) electrons. The molecule has 0 bridgehead atoms. The van der Waals surface area contributed by atoms with E-state index in [2.05, 4.69) is 10.1 Å². The van der Waals surface area contributed by atoms with E-state index in [0.29, 0.717) is 25.2 Å². The van der Waals surface area contributed by atoms with Gasteiger partial charge in [-0.15, -0.1) is 5.10 Å². The van der Waals surface area contributed by atoms with Crippen LogP contribution in [0.3, 0.4) is 0 Å². The molecule has 1 saturated heterocycles. The van der Waals surface area contributed by atoms with Gasteiger partial charge in [-0.3, -0.25) is 15.0 Å². The lowest BCUT2D eigenvalue weighted by atomic mass is 10.1. The van der Waals surface area contributed by atoms with Gasteiger partial charge in [-0.25, -0.2) is 14.2 Å². The van der Waals surface area contributed by atoms with Crippen LogP contribution in [0.5, 0.6) is 0 Å². The lowest BCUT2D eigenvalue weighted by Crippen LogP contribution is -2.33. The zero-order chi connectivity index (χ0) is 16.7. The molecule has 2 aromatic heterocycles. The van der Waals surface area contributed by atoms with Crippen LogP contribution in [0, 0.1) is 5.41 Å². The topological polar surface area (TPSA) is 164 Å². The summed E-state index contributed by atoms with van der Waals surface area (Å²) in [7, 11) is 1.40. The average molecular weight is 361 g/mol. The van der Waals surface area contributed by atoms with Gasteiger partial charge >= 0.3 is 9.75 Å². The standard InChI is InChI=1S/C10H11N5O6S2/c11-6(15-9(19)22-23-10(15)20)7-12-2-14(13-7)8-5(18)4(17)3(1-16)21-8/h2-5,8,11,16-18H,1H2. The van der Waals surface area contributed by atoms with Gasteiger partial charge < -0.3 is 20.1 Å². The SMILES string of the molecule is N=C(c1ncn(C2OC(CO)C(O)C2O)n1)n1c(=O)ssc1=O. The molecule has 13 heteroatoms. The summed E-state index contributed by atoms with van der Waals surface area (Å²) >= 11 is 0. The Bertz CT molecular complexity index is 812. The van der Waals surface area contributed by atoms with Crippen molar-refractivity contribution in [1.82, 2.24) is 19.3 Å². The van der Waals surface area contributed by atoms with Crippen LogP contribution in [0.2, 0.25) is 0 Å². The predicted molar refractivity (Wildman–Crippen MR) is 78.0 cm³/mol. The van der Waals surface area contributed by atoms with E-state index >= 15 is 0 Å². The molecule has 1 fully saturated rings. The Morgan fingerprint density at radius 2 is 1.96 bits per heavy atom. The highest BCUT2D eigenvalue weighted by molar-refractivity contribution is 7.67. The summed E-state index contributed by atoms with van der Waals surface area (Å²) in [5, 5.41) is 40.4. The summed E-state index contributed by atoms with van der Waals surface area (Å²) in [5.41, 5.74) is 0. The Morgan fingerprint density at radius 1 is 1.30 bits per heavy atom. The molecule has 1 aliphatic rings. The van der Waals surface area contributed by atoms with Gasteiger partial charge in [-0.1, -0.05) is 0 Å². The van der Waals surface area contributed by atoms with Crippen molar-refractivity contribution >= 4 is 26.5 Å². The molecule has 124 valence electrons. The fourth-order valence-electron chi connectivity index (χ4n) is 2.11. The first-order chi connectivity index (χ1) is 10.9. The second-order valence-corrected chi connectivity index (χ2v) is 6.69. The number of rotatable bonds is 3. The minimum Gasteiger partial charge on any atom is -0.394 e. The average Bonchev–Trinajstić information content (AvgIpc) is 3.20. The Hall–Kier alpha value is -1.77. The number of aromatic nitrogens is 4. The van der Waals surface area contributed by atoms with Gasteiger partial charge in [0, 0.05) is 0 Å². The van der Waals surface area contributed by atoms with Crippen molar-refractivity contribution in [1.29, 1.82) is 5.41 Å². The Morgan fingerprint density at radius 3 is 2.52 bits per heavy atom. The van der Waals surface area contributed by atoms with E-state index in [9.17, 15) is 19.8 Å². The third-order valence-electron chi connectivity index (χ3n) is 3.27. The molecular formula is C10H11N5O6S2. The molecule has 0 aliphatic carbocycles. The molecule has 23 heavy (non-hydrogen) atoms. The van der Waals surface area contributed by atoms with Crippen molar-refractivity contribution in [3.63, 3.8) is 0 Å².